The van der Waals surface area contributed by atoms with Gasteiger partial charge in [-0.05, 0) is 48.7 Å². The van der Waals surface area contributed by atoms with Gasteiger partial charge < -0.3 is 14.6 Å². The molecule has 0 unspecified atom stereocenters. The number of thiocarbonyl (C=S) groups is 1. The molecule has 0 radical (unpaired) electrons. The second-order valence-corrected chi connectivity index (χ2v) is 11.0. The van der Waals surface area contributed by atoms with Gasteiger partial charge in [0.05, 0.1) is 17.0 Å². The summed E-state index contributed by atoms with van der Waals surface area (Å²) in [7, 11) is 0. The lowest BCUT2D eigenvalue weighted by molar-refractivity contribution is -0.122. The van der Waals surface area contributed by atoms with Crippen LogP contribution in [0.3, 0.4) is 0 Å². The Balaban J connectivity index is 1.38. The van der Waals surface area contributed by atoms with Crippen molar-refractivity contribution in [2.24, 2.45) is 0 Å². The number of aryl methyl sites for hydroxylation is 1. The zero-order valence-electron chi connectivity index (χ0n) is 21.6. The summed E-state index contributed by atoms with van der Waals surface area (Å²) in [6.07, 6.45) is 1.58. The second-order valence-electron chi connectivity index (χ2n) is 9.31. The van der Waals surface area contributed by atoms with Crippen molar-refractivity contribution in [2.75, 3.05) is 13.3 Å². The zero-order valence-corrected chi connectivity index (χ0v) is 23.2. The number of aromatic hydroxyl groups is 1. The number of Topliss-reactive ketones (excluding diaryl/α,β-unsaturated/α-hetero) is 1. The van der Waals surface area contributed by atoms with E-state index in [0.29, 0.717) is 26.3 Å². The van der Waals surface area contributed by atoms with Crippen LogP contribution < -0.4 is 15.0 Å². The highest BCUT2D eigenvalue weighted by atomic mass is 32.2. The molecule has 11 heteroatoms. The Hall–Kier alpha value is -4.40. The number of hydrogen-bond donors (Lipinski definition) is 1. The van der Waals surface area contributed by atoms with Gasteiger partial charge in [-0.2, -0.15) is 5.26 Å². The van der Waals surface area contributed by atoms with E-state index in [4.69, 9.17) is 21.7 Å². The first-order valence-corrected chi connectivity index (χ1v) is 13.5. The maximum Gasteiger partial charge on any atom is 0.271 e. The molecule has 1 aromatic heterocycles. The molecule has 1 amide bonds. The van der Waals surface area contributed by atoms with Crippen molar-refractivity contribution in [1.29, 1.82) is 5.26 Å². The van der Waals surface area contributed by atoms with E-state index in [1.165, 1.54) is 11.8 Å². The van der Waals surface area contributed by atoms with Gasteiger partial charge >= 0.3 is 0 Å². The number of aromatic nitrogens is 1. The Morgan fingerprint density at radius 3 is 2.60 bits per heavy atom. The fourth-order valence-electron chi connectivity index (χ4n) is 4.50. The summed E-state index contributed by atoms with van der Waals surface area (Å²) in [4.78, 5) is 41.2. The van der Waals surface area contributed by atoms with E-state index in [1.807, 2.05) is 37.3 Å². The Bertz CT molecular complexity index is 1700. The first kappa shape index (κ1) is 27.2. The third kappa shape index (κ3) is 5.11. The number of benzene rings is 2. The summed E-state index contributed by atoms with van der Waals surface area (Å²) in [6, 6.07) is 14.6. The summed E-state index contributed by atoms with van der Waals surface area (Å²) in [5.41, 5.74) is 1.54. The number of amides is 1. The van der Waals surface area contributed by atoms with E-state index in [-0.39, 0.29) is 48.9 Å². The number of fused-ring (bicyclic) bond motifs is 1. The molecule has 2 aromatic carbocycles. The van der Waals surface area contributed by atoms with Crippen LogP contribution in [0.1, 0.15) is 44.6 Å². The predicted molar refractivity (Wildman–Crippen MR) is 153 cm³/mol. The number of thioether (sulfide) groups is 1. The fraction of sp³-hybridized carbons (Fsp3) is 0.207. The molecule has 40 heavy (non-hydrogen) atoms. The highest BCUT2D eigenvalue weighted by Crippen LogP contribution is 2.34. The number of carbonyl (C=O) groups excluding carboxylic acids is 2. The smallest absolute Gasteiger partial charge is 0.271 e. The Morgan fingerprint density at radius 1 is 1.15 bits per heavy atom. The molecule has 0 atom stereocenters. The highest BCUT2D eigenvalue weighted by Gasteiger charge is 2.33. The molecule has 0 spiro atoms. The van der Waals surface area contributed by atoms with Crippen LogP contribution in [-0.2, 0) is 11.3 Å². The Labute approximate surface area is 239 Å². The van der Waals surface area contributed by atoms with Crippen LogP contribution in [0.25, 0.3) is 6.08 Å². The Kier molecular flexibility index (Phi) is 7.47. The van der Waals surface area contributed by atoms with Gasteiger partial charge in [0.1, 0.15) is 16.0 Å². The first-order chi connectivity index (χ1) is 19.2. The van der Waals surface area contributed by atoms with Gasteiger partial charge in [-0.15, -0.1) is 0 Å². The number of pyridine rings is 1. The summed E-state index contributed by atoms with van der Waals surface area (Å²) in [5, 5.41) is 20.8. The molecule has 1 N–H and O–H groups in total. The standard InChI is InChI=1S/C29H23N3O6S2/c1-16-3-5-18(6-4-16)12-24-27(35)31(29(39)40-24)10-9-21(33)25-17(2)20(13-30)26(34)32(28(25)36)14-19-7-8-22-23(11-19)38-15-37-22/h3-8,11-12,36H,9-10,14-15H2,1-2H3/b24-12-. The predicted octanol–water partition coefficient (Wildman–Crippen LogP) is 4.29. The van der Waals surface area contributed by atoms with Gasteiger partial charge in [0, 0.05) is 13.0 Å². The lowest BCUT2D eigenvalue weighted by Gasteiger charge is -2.17. The first-order valence-electron chi connectivity index (χ1n) is 12.3. The number of nitriles is 1. The average Bonchev–Trinajstić information content (AvgIpc) is 3.50. The van der Waals surface area contributed by atoms with Crippen molar-refractivity contribution >= 4 is 46.1 Å². The topological polar surface area (TPSA) is 122 Å². The van der Waals surface area contributed by atoms with Gasteiger partial charge in [0.25, 0.3) is 11.5 Å². The number of rotatable bonds is 7. The van der Waals surface area contributed by atoms with Gasteiger partial charge in [0.2, 0.25) is 12.7 Å². The quantitative estimate of drug-likeness (QED) is 0.251. The van der Waals surface area contributed by atoms with E-state index in [9.17, 15) is 24.8 Å². The lowest BCUT2D eigenvalue weighted by Crippen LogP contribution is -2.31. The number of ketones is 1. The number of hydrogen-bond acceptors (Lipinski definition) is 9. The van der Waals surface area contributed by atoms with Gasteiger partial charge in [-0.25, -0.2) is 0 Å². The van der Waals surface area contributed by atoms with Crippen LogP contribution in [-0.4, -0.2) is 43.9 Å². The van der Waals surface area contributed by atoms with E-state index >= 15 is 0 Å². The highest BCUT2D eigenvalue weighted by molar-refractivity contribution is 8.26. The van der Waals surface area contributed by atoms with Crippen molar-refractivity contribution < 1.29 is 24.2 Å². The number of nitrogens with zero attached hydrogens (tertiary/aromatic N) is 3. The molecule has 3 aromatic rings. The lowest BCUT2D eigenvalue weighted by atomic mass is 9.99. The molecule has 0 saturated carbocycles. The van der Waals surface area contributed by atoms with E-state index in [1.54, 1.807) is 24.3 Å². The number of ether oxygens (including phenoxy) is 2. The number of carbonyl (C=O) groups is 2. The largest absolute Gasteiger partial charge is 0.494 e. The van der Waals surface area contributed by atoms with Crippen molar-refractivity contribution in [3.05, 3.63) is 91.1 Å². The third-order valence-corrected chi connectivity index (χ3v) is 8.05. The SMILES string of the molecule is Cc1ccc(/C=C2\SC(=S)N(CCC(=O)c3c(C)c(C#N)c(=O)n(Cc4ccc5c(c4)OCO5)c3O)C2=O)cc1. The summed E-state index contributed by atoms with van der Waals surface area (Å²) >= 11 is 6.55. The Morgan fingerprint density at radius 2 is 1.88 bits per heavy atom. The molecule has 0 aliphatic carbocycles. The minimum absolute atomic E-state index is 0.0171. The summed E-state index contributed by atoms with van der Waals surface area (Å²) in [6.45, 7) is 3.38. The van der Waals surface area contributed by atoms with Crippen LogP contribution in [0.4, 0.5) is 0 Å². The van der Waals surface area contributed by atoms with E-state index in [0.717, 1.165) is 27.5 Å². The molecule has 2 aliphatic rings. The van der Waals surface area contributed by atoms with Crippen molar-refractivity contribution in [2.45, 2.75) is 26.8 Å². The molecule has 1 saturated heterocycles. The van der Waals surface area contributed by atoms with Crippen LogP contribution in [0.15, 0.2) is 52.2 Å². The third-order valence-electron chi connectivity index (χ3n) is 6.67. The fourth-order valence-corrected chi connectivity index (χ4v) is 5.81. The summed E-state index contributed by atoms with van der Waals surface area (Å²) < 4.78 is 12.0. The van der Waals surface area contributed by atoms with Crippen LogP contribution >= 0.6 is 24.0 Å². The molecular weight excluding hydrogens is 550 g/mol. The van der Waals surface area contributed by atoms with Crippen molar-refractivity contribution in [1.82, 2.24) is 9.47 Å². The molecule has 5 rings (SSSR count). The van der Waals surface area contributed by atoms with Gasteiger partial charge in [-0.3, -0.25) is 23.9 Å². The molecule has 2 aliphatic heterocycles. The monoisotopic (exact) mass is 573 g/mol. The van der Waals surface area contributed by atoms with Gasteiger partial charge in [0.15, 0.2) is 17.3 Å². The minimum Gasteiger partial charge on any atom is -0.494 e. The normalized spacial score (nSPS) is 15.1. The van der Waals surface area contributed by atoms with Crippen LogP contribution in [0.5, 0.6) is 17.4 Å². The van der Waals surface area contributed by atoms with Gasteiger partial charge in [-0.1, -0.05) is 59.9 Å². The zero-order chi connectivity index (χ0) is 28.6. The average molecular weight is 574 g/mol. The van der Waals surface area contributed by atoms with Crippen LogP contribution in [0, 0.1) is 25.2 Å². The van der Waals surface area contributed by atoms with E-state index < -0.39 is 17.2 Å². The molecule has 3 heterocycles. The van der Waals surface area contributed by atoms with Crippen molar-refractivity contribution in [3.63, 3.8) is 0 Å². The summed E-state index contributed by atoms with van der Waals surface area (Å²) in [5.74, 6) is -0.331. The maximum absolute atomic E-state index is 13.4. The molecule has 202 valence electrons. The second kappa shape index (κ2) is 11.0. The molecule has 9 nitrogen and oxygen atoms in total. The molecular formula is C29H23N3O6S2. The maximum atomic E-state index is 13.4. The van der Waals surface area contributed by atoms with Crippen LogP contribution in [0.2, 0.25) is 0 Å². The van der Waals surface area contributed by atoms with Crippen molar-refractivity contribution in [3.8, 4) is 23.4 Å². The minimum atomic E-state index is -0.718. The van der Waals surface area contributed by atoms with E-state index in [2.05, 4.69) is 0 Å². The molecule has 0 bridgehead atoms. The molecule has 1 fully saturated rings.